The van der Waals surface area contributed by atoms with Gasteiger partial charge in [-0.3, -0.25) is 0 Å². The van der Waals surface area contributed by atoms with Gasteiger partial charge in [-0.1, -0.05) is 0 Å². The molecule has 1 fully saturated rings. The fourth-order valence-electron chi connectivity index (χ4n) is 2.48. The summed E-state index contributed by atoms with van der Waals surface area (Å²) in [5, 5.41) is 11.9. The first-order valence-electron chi connectivity index (χ1n) is 6.74. The molecule has 0 aromatic heterocycles. The van der Waals surface area contributed by atoms with Crippen LogP contribution in [0.25, 0.3) is 0 Å². The number of benzene rings is 1. The Labute approximate surface area is 113 Å². The first kappa shape index (κ1) is 13.7. The molecule has 1 atom stereocenters. The molecule has 2 amide bonds. The van der Waals surface area contributed by atoms with Crippen molar-refractivity contribution >= 4 is 17.4 Å². The van der Waals surface area contributed by atoms with Gasteiger partial charge in [0.25, 0.3) is 0 Å². The summed E-state index contributed by atoms with van der Waals surface area (Å²) in [5.74, 6) is 0. The minimum atomic E-state index is -0.0945. The van der Waals surface area contributed by atoms with Crippen LogP contribution in [0.1, 0.15) is 25.7 Å². The molecule has 1 saturated heterocycles. The Morgan fingerprint density at radius 2 is 2.11 bits per heavy atom. The Morgan fingerprint density at radius 1 is 1.37 bits per heavy atom. The van der Waals surface area contributed by atoms with Crippen molar-refractivity contribution in [2.75, 3.05) is 24.2 Å². The van der Waals surface area contributed by atoms with Crippen LogP contribution in [-0.2, 0) is 0 Å². The molecule has 2 rings (SSSR count). The van der Waals surface area contributed by atoms with E-state index in [0.29, 0.717) is 12.1 Å². The quantitative estimate of drug-likeness (QED) is 0.730. The van der Waals surface area contributed by atoms with Crippen LogP contribution in [0, 0.1) is 0 Å². The van der Waals surface area contributed by atoms with Crippen molar-refractivity contribution in [1.82, 2.24) is 4.90 Å². The monoisotopic (exact) mass is 263 g/mol. The van der Waals surface area contributed by atoms with E-state index < -0.39 is 0 Å². The number of carbonyl (C=O) groups excluding carboxylic acids is 1. The Hall–Kier alpha value is -1.75. The van der Waals surface area contributed by atoms with Crippen LogP contribution in [0.3, 0.4) is 0 Å². The maximum absolute atomic E-state index is 12.2. The average Bonchev–Trinajstić information content (AvgIpc) is 2.42. The molecule has 1 aromatic rings. The molecular weight excluding hydrogens is 242 g/mol. The summed E-state index contributed by atoms with van der Waals surface area (Å²) >= 11 is 0. The van der Waals surface area contributed by atoms with Gasteiger partial charge >= 0.3 is 6.03 Å². The summed E-state index contributed by atoms with van der Waals surface area (Å²) < 4.78 is 0. The van der Waals surface area contributed by atoms with Gasteiger partial charge in [0, 0.05) is 30.6 Å². The number of piperidine rings is 1. The van der Waals surface area contributed by atoms with Gasteiger partial charge in [-0.25, -0.2) is 4.79 Å². The lowest BCUT2D eigenvalue weighted by atomic mass is 10.0. The van der Waals surface area contributed by atoms with Gasteiger partial charge in [-0.15, -0.1) is 0 Å². The van der Waals surface area contributed by atoms with Gasteiger partial charge in [0.2, 0.25) is 0 Å². The number of hydrogen-bond donors (Lipinski definition) is 3. The molecule has 1 aliphatic rings. The molecule has 1 aliphatic heterocycles. The Morgan fingerprint density at radius 3 is 2.79 bits per heavy atom. The summed E-state index contributed by atoms with van der Waals surface area (Å²) in [6.45, 7) is 0.877. The van der Waals surface area contributed by atoms with Crippen LogP contribution in [-0.4, -0.2) is 35.2 Å². The van der Waals surface area contributed by atoms with Crippen LogP contribution in [0.15, 0.2) is 24.3 Å². The van der Waals surface area contributed by atoms with Crippen molar-refractivity contribution in [2.24, 2.45) is 0 Å². The fraction of sp³-hybridized carbons (Fsp3) is 0.500. The van der Waals surface area contributed by atoms with Crippen LogP contribution in [0.5, 0.6) is 0 Å². The lowest BCUT2D eigenvalue weighted by Crippen LogP contribution is -2.46. The molecule has 0 bridgehead atoms. The number of anilines is 2. The van der Waals surface area contributed by atoms with E-state index in [-0.39, 0.29) is 18.7 Å². The van der Waals surface area contributed by atoms with Gasteiger partial charge < -0.3 is 21.1 Å². The highest BCUT2D eigenvalue weighted by molar-refractivity contribution is 5.89. The summed E-state index contributed by atoms with van der Waals surface area (Å²) in [5.41, 5.74) is 7.03. The second-order valence-electron chi connectivity index (χ2n) is 4.91. The van der Waals surface area contributed by atoms with Gasteiger partial charge in [0.05, 0.1) is 0 Å². The molecule has 5 heteroatoms. The third kappa shape index (κ3) is 3.61. The topological polar surface area (TPSA) is 78.6 Å². The Bertz CT molecular complexity index is 417. The standard InChI is InChI=1S/C14H21N3O2/c15-11-4-6-12(7-5-11)16-14(19)17-9-2-1-3-13(17)8-10-18/h4-7,13,18H,1-3,8-10,15H2,(H,16,19). The highest BCUT2D eigenvalue weighted by Crippen LogP contribution is 2.21. The second kappa shape index (κ2) is 6.43. The summed E-state index contributed by atoms with van der Waals surface area (Å²) in [7, 11) is 0. The van der Waals surface area contributed by atoms with Crippen molar-refractivity contribution < 1.29 is 9.90 Å². The highest BCUT2D eigenvalue weighted by Gasteiger charge is 2.26. The number of aliphatic hydroxyl groups excluding tert-OH is 1. The first-order valence-corrected chi connectivity index (χ1v) is 6.74. The van der Waals surface area contributed by atoms with Crippen LogP contribution in [0.4, 0.5) is 16.2 Å². The number of rotatable bonds is 3. The van der Waals surface area contributed by atoms with E-state index in [1.54, 1.807) is 24.3 Å². The number of hydrogen-bond acceptors (Lipinski definition) is 3. The zero-order chi connectivity index (χ0) is 13.7. The van der Waals surface area contributed by atoms with E-state index in [1.165, 1.54) is 0 Å². The molecule has 0 aliphatic carbocycles. The van der Waals surface area contributed by atoms with Crippen molar-refractivity contribution in [1.29, 1.82) is 0 Å². The van der Waals surface area contributed by atoms with E-state index in [0.717, 1.165) is 31.5 Å². The highest BCUT2D eigenvalue weighted by atomic mass is 16.3. The molecule has 0 saturated carbocycles. The largest absolute Gasteiger partial charge is 0.399 e. The molecule has 0 spiro atoms. The molecule has 0 radical (unpaired) electrons. The van der Waals surface area contributed by atoms with E-state index >= 15 is 0 Å². The first-order chi connectivity index (χ1) is 9.20. The second-order valence-corrected chi connectivity index (χ2v) is 4.91. The van der Waals surface area contributed by atoms with Crippen molar-refractivity contribution in [3.63, 3.8) is 0 Å². The number of nitrogens with one attached hydrogen (secondary N) is 1. The zero-order valence-corrected chi connectivity index (χ0v) is 11.0. The predicted octanol–water partition coefficient (Wildman–Crippen LogP) is 2.04. The number of amides is 2. The number of nitrogen functional groups attached to an aromatic ring is 1. The maximum atomic E-state index is 12.2. The van der Waals surface area contributed by atoms with Crippen molar-refractivity contribution in [3.05, 3.63) is 24.3 Å². The maximum Gasteiger partial charge on any atom is 0.322 e. The third-order valence-corrected chi connectivity index (χ3v) is 3.51. The number of carbonyl (C=O) groups is 1. The Kier molecular flexibility index (Phi) is 4.63. The number of urea groups is 1. The average molecular weight is 263 g/mol. The van der Waals surface area contributed by atoms with Crippen LogP contribution in [0.2, 0.25) is 0 Å². The molecule has 4 N–H and O–H groups in total. The minimum absolute atomic E-state index is 0.0945. The normalized spacial score (nSPS) is 19.2. The molecule has 104 valence electrons. The molecule has 1 unspecified atom stereocenters. The van der Waals surface area contributed by atoms with Crippen LogP contribution < -0.4 is 11.1 Å². The van der Waals surface area contributed by atoms with E-state index in [9.17, 15) is 4.79 Å². The van der Waals surface area contributed by atoms with Gasteiger partial charge in [0.15, 0.2) is 0 Å². The third-order valence-electron chi connectivity index (χ3n) is 3.51. The lowest BCUT2D eigenvalue weighted by molar-refractivity contribution is 0.141. The number of likely N-dealkylation sites (tertiary alicyclic amines) is 1. The van der Waals surface area contributed by atoms with E-state index in [2.05, 4.69) is 5.32 Å². The molecular formula is C14H21N3O2. The number of nitrogens with two attached hydrogens (primary N) is 1. The van der Waals surface area contributed by atoms with Gasteiger partial charge in [-0.2, -0.15) is 0 Å². The Balaban J connectivity index is 1.99. The SMILES string of the molecule is Nc1ccc(NC(=O)N2CCCCC2CCO)cc1. The number of nitrogens with zero attached hydrogens (tertiary/aromatic N) is 1. The lowest BCUT2D eigenvalue weighted by Gasteiger charge is -2.35. The van der Waals surface area contributed by atoms with Crippen molar-refractivity contribution in [2.45, 2.75) is 31.7 Å². The number of aliphatic hydroxyl groups is 1. The summed E-state index contributed by atoms with van der Waals surface area (Å²) in [6.07, 6.45) is 3.76. The molecule has 19 heavy (non-hydrogen) atoms. The van der Waals surface area contributed by atoms with E-state index in [4.69, 9.17) is 10.8 Å². The minimum Gasteiger partial charge on any atom is -0.399 e. The molecule has 1 aromatic carbocycles. The van der Waals surface area contributed by atoms with Crippen LogP contribution >= 0.6 is 0 Å². The van der Waals surface area contributed by atoms with Gasteiger partial charge in [-0.05, 0) is 49.9 Å². The van der Waals surface area contributed by atoms with E-state index in [1.807, 2.05) is 4.90 Å². The molecule has 5 nitrogen and oxygen atoms in total. The zero-order valence-electron chi connectivity index (χ0n) is 11.0. The fourth-order valence-corrected chi connectivity index (χ4v) is 2.48. The summed E-state index contributed by atoms with van der Waals surface area (Å²) in [4.78, 5) is 14.1. The van der Waals surface area contributed by atoms with Gasteiger partial charge in [0.1, 0.15) is 0 Å². The predicted molar refractivity (Wildman–Crippen MR) is 75.9 cm³/mol. The summed E-state index contributed by atoms with van der Waals surface area (Å²) in [6, 6.07) is 7.15. The van der Waals surface area contributed by atoms with Crippen molar-refractivity contribution in [3.8, 4) is 0 Å². The molecule has 1 heterocycles. The smallest absolute Gasteiger partial charge is 0.322 e.